The van der Waals surface area contributed by atoms with Gasteiger partial charge in [0.1, 0.15) is 11.6 Å². The van der Waals surface area contributed by atoms with Crippen molar-refractivity contribution < 1.29 is 14.6 Å². The molecule has 2 heterocycles. The summed E-state index contributed by atoms with van der Waals surface area (Å²) in [6.07, 6.45) is 6.27. The lowest BCUT2D eigenvalue weighted by molar-refractivity contribution is -0.138. The zero-order valence-electron chi connectivity index (χ0n) is 18.6. The molecule has 2 aromatic carbocycles. The Hall–Kier alpha value is -3.67. The molecule has 1 saturated carbocycles. The number of imidazole rings is 1. The lowest BCUT2D eigenvalue weighted by atomic mass is 9.77. The normalized spacial score (nSPS) is 18.3. The maximum absolute atomic E-state index is 10.9. The van der Waals surface area contributed by atoms with Crippen LogP contribution in [0.3, 0.4) is 0 Å². The number of carbonyl (C=O) groups is 1. The summed E-state index contributed by atoms with van der Waals surface area (Å²) in [7, 11) is 1.65. The number of benzene rings is 2. The van der Waals surface area contributed by atoms with Gasteiger partial charge in [0, 0.05) is 29.8 Å². The first-order valence-corrected chi connectivity index (χ1v) is 11.4. The molecular formula is C27H27N3O3. The van der Waals surface area contributed by atoms with E-state index in [1.165, 1.54) is 5.56 Å². The quantitative estimate of drug-likeness (QED) is 0.380. The van der Waals surface area contributed by atoms with Crippen LogP contribution in [0.15, 0.2) is 60.8 Å². The topological polar surface area (TPSA) is 88.1 Å². The summed E-state index contributed by atoms with van der Waals surface area (Å²) in [5.74, 6) is 1.75. The first kappa shape index (κ1) is 21.2. The van der Waals surface area contributed by atoms with E-state index in [-0.39, 0.29) is 0 Å². The standard InChI is InChI=1S/C27H27N3O3/c1-33-22-11-13-24-25(15-22)30-27(29-24)21-10-12-23(28-16-21)20-8-6-19(7-9-20)18-4-2-17(3-5-18)14-26(31)32/h6-13,15-18H,2-5,14H2,1H3,(H,29,30)(H,31,32). The second-order valence-corrected chi connectivity index (χ2v) is 8.84. The number of rotatable bonds is 6. The van der Waals surface area contributed by atoms with E-state index in [4.69, 9.17) is 9.84 Å². The molecule has 5 rings (SSSR count). The van der Waals surface area contributed by atoms with E-state index in [1.54, 1.807) is 7.11 Å². The predicted molar refractivity (Wildman–Crippen MR) is 128 cm³/mol. The maximum Gasteiger partial charge on any atom is 0.303 e. The van der Waals surface area contributed by atoms with Crippen molar-refractivity contribution in [3.8, 4) is 28.4 Å². The van der Waals surface area contributed by atoms with Gasteiger partial charge in [0.15, 0.2) is 0 Å². The van der Waals surface area contributed by atoms with E-state index in [2.05, 4.69) is 39.2 Å². The van der Waals surface area contributed by atoms with Gasteiger partial charge in [-0.2, -0.15) is 0 Å². The lowest BCUT2D eigenvalue weighted by Gasteiger charge is -2.28. The lowest BCUT2D eigenvalue weighted by Crippen LogP contribution is -2.16. The Bertz CT molecular complexity index is 1250. The fourth-order valence-electron chi connectivity index (χ4n) is 4.83. The molecule has 1 aliphatic rings. The Morgan fingerprint density at radius 3 is 2.45 bits per heavy atom. The molecule has 0 saturated heterocycles. The second kappa shape index (κ2) is 9.06. The molecule has 4 aromatic rings. The predicted octanol–water partition coefficient (Wildman–Crippen LogP) is 6.05. The fraction of sp³-hybridized carbons (Fsp3) is 0.296. The van der Waals surface area contributed by atoms with Crippen LogP contribution in [0.4, 0.5) is 0 Å². The highest BCUT2D eigenvalue weighted by molar-refractivity contribution is 5.80. The Morgan fingerprint density at radius 2 is 1.79 bits per heavy atom. The molecule has 2 N–H and O–H groups in total. The van der Waals surface area contributed by atoms with E-state index in [9.17, 15) is 4.79 Å². The van der Waals surface area contributed by atoms with E-state index in [0.717, 1.165) is 65.1 Å². The van der Waals surface area contributed by atoms with Gasteiger partial charge in [0.2, 0.25) is 0 Å². The van der Waals surface area contributed by atoms with Crippen LogP contribution in [-0.2, 0) is 4.79 Å². The molecule has 0 unspecified atom stereocenters. The number of nitrogens with zero attached hydrogens (tertiary/aromatic N) is 2. The van der Waals surface area contributed by atoms with Crippen molar-refractivity contribution in [3.63, 3.8) is 0 Å². The number of aromatic amines is 1. The van der Waals surface area contributed by atoms with Gasteiger partial charge in [-0.05, 0) is 67.3 Å². The molecule has 6 heteroatoms. The molecule has 1 aliphatic carbocycles. The summed E-state index contributed by atoms with van der Waals surface area (Å²) in [5.41, 5.74) is 6.10. The van der Waals surface area contributed by atoms with E-state index in [0.29, 0.717) is 18.3 Å². The van der Waals surface area contributed by atoms with Crippen molar-refractivity contribution in [1.82, 2.24) is 15.0 Å². The number of fused-ring (bicyclic) bond motifs is 1. The van der Waals surface area contributed by atoms with E-state index < -0.39 is 5.97 Å². The van der Waals surface area contributed by atoms with Crippen molar-refractivity contribution in [2.75, 3.05) is 7.11 Å². The maximum atomic E-state index is 10.9. The first-order chi connectivity index (χ1) is 16.1. The number of pyridine rings is 1. The number of hydrogen-bond donors (Lipinski definition) is 2. The number of H-pyrrole nitrogens is 1. The molecule has 0 radical (unpaired) electrons. The third-order valence-corrected chi connectivity index (χ3v) is 6.71. The van der Waals surface area contributed by atoms with Crippen LogP contribution in [0.1, 0.15) is 43.6 Å². The summed E-state index contributed by atoms with van der Waals surface area (Å²) in [6.45, 7) is 0. The van der Waals surface area contributed by atoms with Crippen LogP contribution in [0, 0.1) is 5.92 Å². The average Bonchev–Trinajstić information content (AvgIpc) is 3.28. The number of aromatic nitrogens is 3. The summed E-state index contributed by atoms with van der Waals surface area (Å²) in [4.78, 5) is 23.6. The largest absolute Gasteiger partial charge is 0.497 e. The summed E-state index contributed by atoms with van der Waals surface area (Å²) >= 11 is 0. The van der Waals surface area contributed by atoms with Crippen molar-refractivity contribution in [1.29, 1.82) is 0 Å². The van der Waals surface area contributed by atoms with Crippen LogP contribution in [0.5, 0.6) is 5.75 Å². The van der Waals surface area contributed by atoms with Crippen molar-refractivity contribution in [3.05, 3.63) is 66.4 Å². The monoisotopic (exact) mass is 441 g/mol. The molecule has 0 bridgehead atoms. The molecule has 0 aliphatic heterocycles. The highest BCUT2D eigenvalue weighted by Gasteiger charge is 2.24. The van der Waals surface area contributed by atoms with Gasteiger partial charge in [-0.25, -0.2) is 4.98 Å². The number of carboxylic acids is 1. The molecule has 0 amide bonds. The first-order valence-electron chi connectivity index (χ1n) is 11.4. The van der Waals surface area contributed by atoms with Gasteiger partial charge in [-0.15, -0.1) is 0 Å². The smallest absolute Gasteiger partial charge is 0.303 e. The van der Waals surface area contributed by atoms with E-state index >= 15 is 0 Å². The highest BCUT2D eigenvalue weighted by Crippen LogP contribution is 2.37. The Labute approximate surface area is 192 Å². The zero-order valence-corrected chi connectivity index (χ0v) is 18.6. The van der Waals surface area contributed by atoms with Gasteiger partial charge in [-0.1, -0.05) is 24.3 Å². The van der Waals surface area contributed by atoms with Crippen LogP contribution >= 0.6 is 0 Å². The molecule has 168 valence electrons. The summed E-state index contributed by atoms with van der Waals surface area (Å²) in [6, 6.07) is 18.5. The number of methoxy groups -OCH3 is 1. The van der Waals surface area contributed by atoms with Gasteiger partial charge >= 0.3 is 5.97 Å². The third kappa shape index (κ3) is 4.60. The number of carboxylic acid groups (broad SMARTS) is 1. The summed E-state index contributed by atoms with van der Waals surface area (Å²) in [5, 5.41) is 9.01. The van der Waals surface area contributed by atoms with Gasteiger partial charge < -0.3 is 14.8 Å². The number of aliphatic carboxylic acids is 1. The third-order valence-electron chi connectivity index (χ3n) is 6.71. The molecular weight excluding hydrogens is 414 g/mol. The molecule has 1 fully saturated rings. The van der Waals surface area contributed by atoms with Crippen LogP contribution in [-0.4, -0.2) is 33.1 Å². The Kier molecular flexibility index (Phi) is 5.82. The number of hydrogen-bond acceptors (Lipinski definition) is 4. The summed E-state index contributed by atoms with van der Waals surface area (Å²) < 4.78 is 5.29. The Morgan fingerprint density at radius 1 is 1.03 bits per heavy atom. The van der Waals surface area contributed by atoms with Crippen molar-refractivity contribution in [2.45, 2.75) is 38.0 Å². The van der Waals surface area contributed by atoms with Crippen LogP contribution in [0.2, 0.25) is 0 Å². The molecule has 2 aromatic heterocycles. The van der Waals surface area contributed by atoms with Crippen molar-refractivity contribution >= 4 is 17.0 Å². The fourth-order valence-corrected chi connectivity index (χ4v) is 4.83. The van der Waals surface area contributed by atoms with Crippen LogP contribution < -0.4 is 4.74 Å². The van der Waals surface area contributed by atoms with Crippen molar-refractivity contribution in [2.24, 2.45) is 5.92 Å². The molecule has 6 nitrogen and oxygen atoms in total. The number of ether oxygens (including phenoxy) is 1. The highest BCUT2D eigenvalue weighted by atomic mass is 16.5. The molecule has 0 atom stereocenters. The van der Waals surface area contributed by atoms with Crippen LogP contribution in [0.25, 0.3) is 33.7 Å². The minimum Gasteiger partial charge on any atom is -0.497 e. The van der Waals surface area contributed by atoms with Gasteiger partial charge in [0.05, 0.1) is 23.8 Å². The SMILES string of the molecule is COc1ccc2nc(-c3ccc(-c4ccc(C5CCC(CC(=O)O)CC5)cc4)nc3)[nH]c2c1. The van der Waals surface area contributed by atoms with E-state index in [1.807, 2.05) is 36.5 Å². The Balaban J connectivity index is 1.27. The minimum atomic E-state index is -0.679. The average molecular weight is 442 g/mol. The second-order valence-electron chi connectivity index (χ2n) is 8.84. The zero-order chi connectivity index (χ0) is 22.8. The minimum absolute atomic E-state index is 0.301. The van der Waals surface area contributed by atoms with Gasteiger partial charge in [-0.3, -0.25) is 9.78 Å². The molecule has 33 heavy (non-hydrogen) atoms. The van der Waals surface area contributed by atoms with Gasteiger partial charge in [0.25, 0.3) is 0 Å². The number of nitrogens with one attached hydrogen (secondary N) is 1. The molecule has 0 spiro atoms.